The molecule has 1 unspecified atom stereocenters. The van der Waals surface area contributed by atoms with Gasteiger partial charge in [0.1, 0.15) is 0 Å². The molecule has 0 spiro atoms. The monoisotopic (exact) mass is 320 g/mol. The molecule has 4 nitrogen and oxygen atoms in total. The molecule has 1 aromatic carbocycles. The van der Waals surface area contributed by atoms with Crippen molar-refractivity contribution in [2.75, 3.05) is 6.54 Å². The van der Waals surface area contributed by atoms with Gasteiger partial charge in [0.15, 0.2) is 0 Å². The Bertz CT molecular complexity index is 530. The minimum atomic E-state index is -3.49. The summed E-state index contributed by atoms with van der Waals surface area (Å²) < 4.78 is 27.4. The fourth-order valence-electron chi connectivity index (χ4n) is 2.15. The zero-order valence-electron chi connectivity index (χ0n) is 12.5. The fourth-order valence-corrected chi connectivity index (χ4v) is 3.63. The van der Waals surface area contributed by atoms with E-state index in [9.17, 15) is 8.42 Å². The third-order valence-electron chi connectivity index (χ3n) is 2.98. The number of halogens is 1. The van der Waals surface area contributed by atoms with Crippen molar-refractivity contribution in [1.29, 1.82) is 0 Å². The molecule has 20 heavy (non-hydrogen) atoms. The second-order valence-electron chi connectivity index (χ2n) is 5.45. The molecule has 1 rings (SSSR count). The first kappa shape index (κ1) is 19.4. The van der Waals surface area contributed by atoms with Crippen molar-refractivity contribution >= 4 is 22.4 Å². The van der Waals surface area contributed by atoms with Crippen LogP contribution in [0.1, 0.15) is 31.4 Å². The summed E-state index contributed by atoms with van der Waals surface area (Å²) in [5.41, 5.74) is 7.45. The average Bonchev–Trinajstić information content (AvgIpc) is 2.26. The topological polar surface area (TPSA) is 72.2 Å². The smallest absolute Gasteiger partial charge is 0.241 e. The van der Waals surface area contributed by atoms with Crippen LogP contribution >= 0.6 is 12.4 Å². The normalized spacial score (nSPS) is 13.1. The van der Waals surface area contributed by atoms with E-state index in [1.165, 1.54) is 0 Å². The van der Waals surface area contributed by atoms with Gasteiger partial charge in [-0.1, -0.05) is 31.5 Å². The first-order chi connectivity index (χ1) is 8.76. The number of nitrogens with two attached hydrogens (primary N) is 1. The molecule has 0 saturated carbocycles. The van der Waals surface area contributed by atoms with E-state index in [0.29, 0.717) is 17.4 Å². The van der Waals surface area contributed by atoms with Gasteiger partial charge in [0.2, 0.25) is 10.0 Å². The lowest BCUT2D eigenvalue weighted by Gasteiger charge is -2.19. The van der Waals surface area contributed by atoms with Gasteiger partial charge in [-0.25, -0.2) is 13.1 Å². The zero-order valence-corrected chi connectivity index (χ0v) is 14.1. The highest BCUT2D eigenvalue weighted by molar-refractivity contribution is 7.89. The van der Waals surface area contributed by atoms with Crippen LogP contribution in [0.2, 0.25) is 0 Å². The summed E-state index contributed by atoms with van der Waals surface area (Å²) in [5.74, 6) is 0.398. The van der Waals surface area contributed by atoms with E-state index >= 15 is 0 Å². The predicted molar refractivity (Wildman–Crippen MR) is 85.8 cm³/mol. The molecule has 0 aromatic heterocycles. The maximum Gasteiger partial charge on any atom is 0.241 e. The van der Waals surface area contributed by atoms with Gasteiger partial charge in [0, 0.05) is 12.6 Å². The quantitative estimate of drug-likeness (QED) is 0.845. The van der Waals surface area contributed by atoms with Gasteiger partial charge >= 0.3 is 0 Å². The second-order valence-corrected chi connectivity index (χ2v) is 7.13. The Morgan fingerprint density at radius 1 is 1.25 bits per heavy atom. The Kier molecular flexibility index (Phi) is 7.73. The first-order valence-electron chi connectivity index (χ1n) is 6.56. The first-order valence-corrected chi connectivity index (χ1v) is 8.04. The maximum absolute atomic E-state index is 12.3. The van der Waals surface area contributed by atoms with Crippen LogP contribution in [0, 0.1) is 19.8 Å². The molecule has 1 atom stereocenters. The van der Waals surface area contributed by atoms with Gasteiger partial charge in [0.25, 0.3) is 0 Å². The summed E-state index contributed by atoms with van der Waals surface area (Å²) >= 11 is 0. The third kappa shape index (κ3) is 5.40. The lowest BCUT2D eigenvalue weighted by atomic mass is 10.1. The minimum absolute atomic E-state index is 0. The molecule has 6 heteroatoms. The number of benzene rings is 1. The Morgan fingerprint density at radius 2 is 1.85 bits per heavy atom. The minimum Gasteiger partial charge on any atom is -0.329 e. The van der Waals surface area contributed by atoms with Crippen LogP contribution in [0.15, 0.2) is 23.1 Å². The van der Waals surface area contributed by atoms with Gasteiger partial charge in [-0.2, -0.15) is 0 Å². The van der Waals surface area contributed by atoms with Crippen LogP contribution in [0.3, 0.4) is 0 Å². The summed E-state index contributed by atoms with van der Waals surface area (Å²) in [7, 11) is -3.49. The van der Waals surface area contributed by atoms with Gasteiger partial charge < -0.3 is 5.73 Å². The molecule has 0 aliphatic rings. The van der Waals surface area contributed by atoms with Crippen molar-refractivity contribution in [3.8, 4) is 0 Å². The molecule has 1 aromatic rings. The van der Waals surface area contributed by atoms with Crippen molar-refractivity contribution < 1.29 is 8.42 Å². The van der Waals surface area contributed by atoms with Crippen molar-refractivity contribution in [2.24, 2.45) is 11.7 Å². The van der Waals surface area contributed by atoms with Crippen molar-refractivity contribution in [2.45, 2.75) is 45.1 Å². The molecule has 0 saturated heterocycles. The van der Waals surface area contributed by atoms with Crippen LogP contribution in [-0.2, 0) is 10.0 Å². The van der Waals surface area contributed by atoms with E-state index in [2.05, 4.69) is 4.72 Å². The Balaban J connectivity index is 0.00000361. The Morgan fingerprint density at radius 3 is 2.30 bits per heavy atom. The third-order valence-corrected chi connectivity index (χ3v) is 4.66. The van der Waals surface area contributed by atoms with Gasteiger partial charge in [0.05, 0.1) is 4.90 Å². The summed E-state index contributed by atoms with van der Waals surface area (Å²) in [6.07, 6.45) is 0.737. The van der Waals surface area contributed by atoms with Crippen molar-refractivity contribution in [1.82, 2.24) is 4.72 Å². The van der Waals surface area contributed by atoms with E-state index < -0.39 is 10.0 Å². The van der Waals surface area contributed by atoms with Crippen LogP contribution in [0.5, 0.6) is 0 Å². The highest BCUT2D eigenvalue weighted by atomic mass is 35.5. The molecule has 116 valence electrons. The molecule has 0 amide bonds. The predicted octanol–water partition coefficient (Wildman–Crippen LogP) is 2.38. The van der Waals surface area contributed by atoms with Gasteiger partial charge in [-0.15, -0.1) is 12.4 Å². The lowest BCUT2D eigenvalue weighted by molar-refractivity contribution is 0.465. The molecular formula is C14H25ClN2O2S. The summed E-state index contributed by atoms with van der Waals surface area (Å²) in [4.78, 5) is 0.334. The number of rotatable bonds is 6. The maximum atomic E-state index is 12.3. The molecule has 0 bridgehead atoms. The molecule has 0 heterocycles. The summed E-state index contributed by atoms with van der Waals surface area (Å²) in [5, 5.41) is 0. The number of sulfonamides is 1. The molecule has 0 radical (unpaired) electrons. The second kappa shape index (κ2) is 7.98. The molecular weight excluding hydrogens is 296 g/mol. The SMILES string of the molecule is Cc1ccc(S(=O)(=O)NC(CN)CC(C)C)c(C)c1.Cl. The fraction of sp³-hybridized carbons (Fsp3) is 0.571. The van der Waals surface area contributed by atoms with Crippen LogP contribution in [0.25, 0.3) is 0 Å². The molecule has 0 aliphatic carbocycles. The molecule has 0 aliphatic heterocycles. The number of hydrogen-bond acceptors (Lipinski definition) is 3. The Labute approximate surface area is 128 Å². The zero-order chi connectivity index (χ0) is 14.6. The largest absolute Gasteiger partial charge is 0.329 e. The van der Waals surface area contributed by atoms with E-state index in [1.807, 2.05) is 39.8 Å². The van der Waals surface area contributed by atoms with E-state index in [0.717, 1.165) is 17.5 Å². The van der Waals surface area contributed by atoms with Gasteiger partial charge in [-0.3, -0.25) is 0 Å². The molecule has 0 fully saturated rings. The standard InChI is InChI=1S/C14H24N2O2S.ClH/c1-10(2)7-13(9-15)16-19(17,18)14-6-5-11(3)8-12(14)4;/h5-6,8,10,13,16H,7,9,15H2,1-4H3;1H. The summed E-state index contributed by atoms with van der Waals surface area (Å²) in [6, 6.07) is 5.11. The van der Waals surface area contributed by atoms with E-state index in [1.54, 1.807) is 6.07 Å². The van der Waals surface area contributed by atoms with Crippen LogP contribution in [-0.4, -0.2) is 21.0 Å². The van der Waals surface area contributed by atoms with Crippen LogP contribution in [0.4, 0.5) is 0 Å². The molecule has 3 N–H and O–H groups in total. The number of hydrogen-bond donors (Lipinski definition) is 2. The van der Waals surface area contributed by atoms with Crippen molar-refractivity contribution in [3.05, 3.63) is 29.3 Å². The number of nitrogens with one attached hydrogen (secondary N) is 1. The lowest BCUT2D eigenvalue weighted by Crippen LogP contribution is -2.41. The summed E-state index contributed by atoms with van der Waals surface area (Å²) in [6.45, 7) is 8.16. The van der Waals surface area contributed by atoms with Gasteiger partial charge in [-0.05, 0) is 37.8 Å². The van der Waals surface area contributed by atoms with Crippen molar-refractivity contribution in [3.63, 3.8) is 0 Å². The highest BCUT2D eigenvalue weighted by Crippen LogP contribution is 2.17. The van der Waals surface area contributed by atoms with Crippen LogP contribution < -0.4 is 10.5 Å². The van der Waals surface area contributed by atoms with E-state index in [-0.39, 0.29) is 18.4 Å². The highest BCUT2D eigenvalue weighted by Gasteiger charge is 2.21. The number of aryl methyl sites for hydroxylation is 2. The Hall–Kier alpha value is -0.620. The average molecular weight is 321 g/mol. The van der Waals surface area contributed by atoms with E-state index in [4.69, 9.17) is 5.73 Å².